The first-order valence-corrected chi connectivity index (χ1v) is 13.8. The summed E-state index contributed by atoms with van der Waals surface area (Å²) in [6, 6.07) is 3.37. The van der Waals surface area contributed by atoms with E-state index in [1.165, 1.54) is 0 Å². The quantitative estimate of drug-likeness (QED) is 0.0868. The van der Waals surface area contributed by atoms with Gasteiger partial charge in [0.25, 0.3) is 0 Å². The highest BCUT2D eigenvalue weighted by atomic mass is 32.1. The summed E-state index contributed by atoms with van der Waals surface area (Å²) in [4.78, 5) is 54.0. The summed E-state index contributed by atoms with van der Waals surface area (Å²) in [5.41, 5.74) is 18.7. The van der Waals surface area contributed by atoms with Gasteiger partial charge in [-0.25, -0.2) is 4.79 Å². The molecule has 0 saturated carbocycles. The van der Waals surface area contributed by atoms with Crippen molar-refractivity contribution < 1.29 is 24.3 Å². The molecule has 11 N–H and O–H groups in total. The third kappa shape index (κ3) is 10.2. The number of aliphatic carboxylic acids is 1. The van der Waals surface area contributed by atoms with Gasteiger partial charge in [-0.3, -0.25) is 14.4 Å². The van der Waals surface area contributed by atoms with Gasteiger partial charge < -0.3 is 43.2 Å². The fourth-order valence-corrected chi connectivity index (χ4v) is 4.39. The van der Waals surface area contributed by atoms with Crippen molar-refractivity contribution in [1.82, 2.24) is 20.9 Å². The molecule has 1 aromatic heterocycles. The maximum absolute atomic E-state index is 13.4. The molecule has 0 aliphatic carbocycles. The number of thiol groups is 1. The molecule has 0 saturated heterocycles. The van der Waals surface area contributed by atoms with Gasteiger partial charge in [-0.2, -0.15) is 12.6 Å². The lowest BCUT2D eigenvalue weighted by Crippen LogP contribution is -2.57. The van der Waals surface area contributed by atoms with Crippen LogP contribution in [0.4, 0.5) is 0 Å². The van der Waals surface area contributed by atoms with Crippen LogP contribution in [0.1, 0.15) is 44.1 Å². The van der Waals surface area contributed by atoms with E-state index in [4.69, 9.17) is 17.2 Å². The molecule has 1 aromatic carbocycles. The van der Waals surface area contributed by atoms with Gasteiger partial charge in [-0.15, -0.1) is 0 Å². The molecule has 4 atom stereocenters. The summed E-state index contributed by atoms with van der Waals surface area (Å²) >= 11 is 4.01. The molecule has 13 heteroatoms. The molecule has 3 amide bonds. The maximum Gasteiger partial charge on any atom is 0.327 e. The van der Waals surface area contributed by atoms with Crippen LogP contribution in [0.2, 0.25) is 0 Å². The van der Waals surface area contributed by atoms with Crippen LogP contribution < -0.4 is 33.2 Å². The number of carboxylic acids is 1. The molecular formula is C26H41N7O5S. The lowest BCUT2D eigenvalue weighted by Gasteiger charge is -2.25. The number of rotatable bonds is 18. The Kier molecular flexibility index (Phi) is 13.8. The van der Waals surface area contributed by atoms with Crippen LogP contribution in [0.25, 0.3) is 10.9 Å². The number of aromatic nitrogens is 1. The summed E-state index contributed by atoms with van der Waals surface area (Å²) in [7, 11) is 0. The Morgan fingerprint density at radius 1 is 0.846 bits per heavy atom. The van der Waals surface area contributed by atoms with Crippen molar-refractivity contribution in [2.45, 2.75) is 69.1 Å². The number of carbonyl (C=O) groups is 4. The number of hydrogen-bond donors (Lipinski definition) is 9. The molecule has 0 radical (unpaired) electrons. The number of nitrogens with one attached hydrogen (secondary N) is 4. The van der Waals surface area contributed by atoms with Crippen LogP contribution in [-0.4, -0.2) is 76.8 Å². The van der Waals surface area contributed by atoms with Crippen molar-refractivity contribution in [2.24, 2.45) is 17.2 Å². The molecule has 1 heterocycles. The van der Waals surface area contributed by atoms with Gasteiger partial charge in [0.15, 0.2) is 0 Å². The first kappa shape index (κ1) is 32.1. The fourth-order valence-electron chi connectivity index (χ4n) is 4.14. The van der Waals surface area contributed by atoms with E-state index >= 15 is 0 Å². The summed E-state index contributed by atoms with van der Waals surface area (Å²) in [5, 5.41) is 18.1. The number of fused-ring (bicyclic) bond motifs is 1. The number of aromatic amines is 1. The first-order chi connectivity index (χ1) is 18.7. The van der Waals surface area contributed by atoms with E-state index in [-0.39, 0.29) is 12.2 Å². The molecular weight excluding hydrogens is 522 g/mol. The Morgan fingerprint density at radius 2 is 1.44 bits per heavy atom. The fraction of sp³-hybridized carbons (Fsp3) is 0.538. The van der Waals surface area contributed by atoms with Crippen molar-refractivity contribution in [1.29, 1.82) is 0 Å². The lowest BCUT2D eigenvalue weighted by atomic mass is 10.0. The van der Waals surface area contributed by atoms with Gasteiger partial charge in [0.1, 0.15) is 18.1 Å². The van der Waals surface area contributed by atoms with E-state index in [0.717, 1.165) is 22.9 Å². The van der Waals surface area contributed by atoms with E-state index in [1.54, 1.807) is 6.20 Å². The van der Waals surface area contributed by atoms with Crippen molar-refractivity contribution >= 4 is 47.2 Å². The molecule has 0 aliphatic rings. The Bertz CT molecular complexity index is 1100. The third-order valence-electron chi connectivity index (χ3n) is 6.42. The molecule has 2 rings (SSSR count). The molecule has 0 aliphatic heterocycles. The molecule has 12 nitrogen and oxygen atoms in total. The van der Waals surface area contributed by atoms with Gasteiger partial charge in [-0.05, 0) is 56.8 Å². The van der Waals surface area contributed by atoms with Crippen LogP contribution in [-0.2, 0) is 25.6 Å². The number of benzene rings is 1. The van der Waals surface area contributed by atoms with Crippen molar-refractivity contribution in [3.63, 3.8) is 0 Å². The zero-order valence-electron chi connectivity index (χ0n) is 22.0. The molecule has 2 aromatic rings. The summed E-state index contributed by atoms with van der Waals surface area (Å²) in [6.45, 7) is 0.918. The number of amides is 3. The highest BCUT2D eigenvalue weighted by Crippen LogP contribution is 2.19. The summed E-state index contributed by atoms with van der Waals surface area (Å²) < 4.78 is 0. The van der Waals surface area contributed by atoms with Crippen LogP contribution in [0.5, 0.6) is 0 Å². The number of para-hydroxylation sites is 1. The number of H-pyrrole nitrogens is 1. The molecule has 0 spiro atoms. The molecule has 39 heavy (non-hydrogen) atoms. The highest BCUT2D eigenvalue weighted by Gasteiger charge is 2.30. The smallest absolute Gasteiger partial charge is 0.327 e. The van der Waals surface area contributed by atoms with E-state index in [0.29, 0.717) is 45.2 Å². The molecule has 0 fully saturated rings. The standard InChI is InChI=1S/C26H41N7O5S/c27-11-5-3-8-18(29)23(34)31-20(10-4-6-12-28)24(35)32-21(25(36)33-22(15-39)26(37)38)13-16-14-30-19-9-2-1-7-17(16)19/h1-2,7,9,14,18,20-22,30,39H,3-6,8,10-13,15,27-29H2,(H,31,34)(H,32,35)(H,33,36)(H,37,38). The largest absolute Gasteiger partial charge is 0.480 e. The number of carboxylic acid groups (broad SMARTS) is 1. The minimum absolute atomic E-state index is 0.0859. The Morgan fingerprint density at radius 3 is 2.08 bits per heavy atom. The van der Waals surface area contributed by atoms with Crippen molar-refractivity contribution in [3.8, 4) is 0 Å². The minimum Gasteiger partial charge on any atom is -0.480 e. The SMILES string of the molecule is NCCCCC(N)C(=O)NC(CCCCN)C(=O)NC(Cc1c[nH]c2ccccc12)C(=O)NC(CS)C(=O)O. The van der Waals surface area contributed by atoms with Gasteiger partial charge in [-0.1, -0.05) is 24.6 Å². The monoisotopic (exact) mass is 563 g/mol. The number of nitrogens with two attached hydrogens (primary N) is 3. The lowest BCUT2D eigenvalue weighted by molar-refractivity contribution is -0.141. The zero-order chi connectivity index (χ0) is 28.8. The van der Waals surface area contributed by atoms with Gasteiger partial charge in [0.05, 0.1) is 6.04 Å². The maximum atomic E-state index is 13.4. The third-order valence-corrected chi connectivity index (χ3v) is 6.78. The van der Waals surface area contributed by atoms with Crippen LogP contribution in [0.3, 0.4) is 0 Å². The summed E-state index contributed by atoms with van der Waals surface area (Å²) in [6.07, 6.45) is 5.16. The van der Waals surface area contributed by atoms with Crippen molar-refractivity contribution in [3.05, 3.63) is 36.0 Å². The Labute approximate surface area is 233 Å². The van der Waals surface area contributed by atoms with E-state index in [2.05, 4.69) is 33.6 Å². The van der Waals surface area contributed by atoms with E-state index in [9.17, 15) is 24.3 Å². The average molecular weight is 564 g/mol. The highest BCUT2D eigenvalue weighted by molar-refractivity contribution is 7.80. The van der Waals surface area contributed by atoms with Gasteiger partial charge in [0, 0.05) is 29.3 Å². The first-order valence-electron chi connectivity index (χ1n) is 13.2. The number of carbonyl (C=O) groups excluding carboxylic acids is 3. The van der Waals surface area contributed by atoms with Gasteiger partial charge in [0.2, 0.25) is 17.7 Å². The van der Waals surface area contributed by atoms with Crippen LogP contribution in [0.15, 0.2) is 30.5 Å². The number of hydrogen-bond acceptors (Lipinski definition) is 8. The van der Waals surface area contributed by atoms with Crippen LogP contribution in [0, 0.1) is 0 Å². The van der Waals surface area contributed by atoms with E-state index in [1.807, 2.05) is 24.3 Å². The second-order valence-corrected chi connectivity index (χ2v) is 9.81. The van der Waals surface area contributed by atoms with E-state index < -0.39 is 47.9 Å². The Balaban J connectivity index is 2.25. The predicted octanol–water partition coefficient (Wildman–Crippen LogP) is -0.235. The van der Waals surface area contributed by atoms with Gasteiger partial charge >= 0.3 is 5.97 Å². The topological polar surface area (TPSA) is 218 Å². The molecule has 4 unspecified atom stereocenters. The molecule has 216 valence electrons. The summed E-state index contributed by atoms with van der Waals surface area (Å²) in [5.74, 6) is -3.10. The predicted molar refractivity (Wildman–Crippen MR) is 153 cm³/mol. The second kappa shape index (κ2) is 16.7. The second-order valence-electron chi connectivity index (χ2n) is 9.44. The molecule has 0 bridgehead atoms. The average Bonchev–Trinajstić information content (AvgIpc) is 3.33. The minimum atomic E-state index is -1.24. The van der Waals surface area contributed by atoms with Crippen molar-refractivity contribution in [2.75, 3.05) is 18.8 Å². The zero-order valence-corrected chi connectivity index (χ0v) is 22.9. The number of unbranched alkanes of at least 4 members (excludes halogenated alkanes) is 2. The van der Waals surface area contributed by atoms with Crippen LogP contribution >= 0.6 is 12.6 Å². The normalized spacial score (nSPS) is 14.3. The Hall–Kier alpha value is -3.13.